The maximum absolute atomic E-state index is 12.8. The van der Waals surface area contributed by atoms with Crippen LogP contribution in [0.4, 0.5) is 11.5 Å². The predicted octanol–water partition coefficient (Wildman–Crippen LogP) is 3.89. The quantitative estimate of drug-likeness (QED) is 0.544. The minimum Gasteiger partial charge on any atom is -0.357 e. The van der Waals surface area contributed by atoms with Crippen LogP contribution in [0.5, 0.6) is 0 Å². The number of carbonyl (C=O) groups excluding carboxylic acids is 1. The number of anilines is 2. The first-order chi connectivity index (χ1) is 14.2. The Morgan fingerprint density at radius 3 is 2.48 bits per heavy atom. The molecule has 0 saturated carbocycles. The van der Waals surface area contributed by atoms with Gasteiger partial charge >= 0.3 is 0 Å². The van der Waals surface area contributed by atoms with Crippen molar-refractivity contribution >= 4 is 23.1 Å². The summed E-state index contributed by atoms with van der Waals surface area (Å²) in [5.41, 5.74) is 3.43. The molecule has 0 aliphatic carbocycles. The van der Waals surface area contributed by atoms with Crippen molar-refractivity contribution in [3.8, 4) is 11.3 Å². The van der Waals surface area contributed by atoms with Crippen LogP contribution in [0.1, 0.15) is 24.2 Å². The van der Waals surface area contributed by atoms with Gasteiger partial charge in [0.15, 0.2) is 5.65 Å². The predicted molar refractivity (Wildman–Crippen MR) is 114 cm³/mol. The Morgan fingerprint density at radius 2 is 1.79 bits per heavy atom. The van der Waals surface area contributed by atoms with Crippen LogP contribution in [-0.2, 0) is 0 Å². The van der Waals surface area contributed by atoms with Crippen LogP contribution < -0.4 is 10.2 Å². The van der Waals surface area contributed by atoms with E-state index in [0.717, 1.165) is 30.2 Å². The van der Waals surface area contributed by atoms with Gasteiger partial charge in [0.1, 0.15) is 11.4 Å². The molecule has 0 spiro atoms. The fourth-order valence-electron chi connectivity index (χ4n) is 3.27. The fourth-order valence-corrected chi connectivity index (χ4v) is 3.27. The summed E-state index contributed by atoms with van der Waals surface area (Å²) in [6.45, 7) is 5.94. The maximum atomic E-state index is 12.8. The normalized spacial score (nSPS) is 10.8. The molecule has 146 valence electrons. The first-order valence-corrected chi connectivity index (χ1v) is 9.61. The van der Waals surface area contributed by atoms with E-state index in [9.17, 15) is 4.79 Å². The summed E-state index contributed by atoms with van der Waals surface area (Å²) in [6.07, 6.45) is 4.90. The van der Waals surface area contributed by atoms with Gasteiger partial charge in [0.25, 0.3) is 5.91 Å². The highest BCUT2D eigenvalue weighted by Gasteiger charge is 2.16. The molecule has 4 aromatic rings. The molecule has 3 aromatic heterocycles. The zero-order valence-corrected chi connectivity index (χ0v) is 16.4. The van der Waals surface area contributed by atoms with Crippen LogP contribution in [0.3, 0.4) is 0 Å². The highest BCUT2D eigenvalue weighted by molar-refractivity contribution is 6.08. The van der Waals surface area contributed by atoms with E-state index in [1.807, 2.05) is 48.5 Å². The Hall–Kier alpha value is -3.74. The molecule has 0 aliphatic heterocycles. The van der Waals surface area contributed by atoms with E-state index in [4.69, 9.17) is 0 Å². The lowest BCUT2D eigenvalue weighted by molar-refractivity contribution is 0.102. The zero-order chi connectivity index (χ0) is 20.2. The van der Waals surface area contributed by atoms with Gasteiger partial charge in [-0.25, -0.2) is 14.5 Å². The van der Waals surface area contributed by atoms with Crippen LogP contribution in [-0.4, -0.2) is 38.6 Å². The van der Waals surface area contributed by atoms with E-state index in [1.54, 1.807) is 23.1 Å². The number of nitrogens with one attached hydrogen (secondary N) is 1. The third-order valence-corrected chi connectivity index (χ3v) is 4.81. The van der Waals surface area contributed by atoms with E-state index < -0.39 is 0 Å². The summed E-state index contributed by atoms with van der Waals surface area (Å²) >= 11 is 0. The number of hydrogen-bond donors (Lipinski definition) is 1. The van der Waals surface area contributed by atoms with Crippen LogP contribution in [0, 0.1) is 0 Å². The van der Waals surface area contributed by atoms with Crippen LogP contribution >= 0.6 is 0 Å². The third kappa shape index (κ3) is 3.67. The topological polar surface area (TPSA) is 75.4 Å². The minimum absolute atomic E-state index is 0.268. The lowest BCUT2D eigenvalue weighted by Gasteiger charge is -2.19. The molecule has 1 aromatic carbocycles. The number of amides is 1. The van der Waals surface area contributed by atoms with Crippen molar-refractivity contribution in [2.75, 3.05) is 23.3 Å². The minimum atomic E-state index is -0.268. The SMILES string of the molecule is CCN(CC)c1ccc(NC(=O)c2cnn3c(-c4ccccc4)ccnc23)cn1. The van der Waals surface area contributed by atoms with Crippen molar-refractivity contribution in [1.82, 2.24) is 19.6 Å². The molecule has 1 N–H and O–H groups in total. The molecule has 4 rings (SSSR count). The number of fused-ring (bicyclic) bond motifs is 1. The van der Waals surface area contributed by atoms with Crippen LogP contribution in [0.2, 0.25) is 0 Å². The van der Waals surface area contributed by atoms with Crippen molar-refractivity contribution in [1.29, 1.82) is 0 Å². The molecule has 0 unspecified atom stereocenters. The smallest absolute Gasteiger partial charge is 0.261 e. The number of benzene rings is 1. The molecule has 0 saturated heterocycles. The van der Waals surface area contributed by atoms with Gasteiger partial charge in [0.2, 0.25) is 0 Å². The molecule has 3 heterocycles. The molecular weight excluding hydrogens is 364 g/mol. The Bertz CT molecular complexity index is 1120. The van der Waals surface area contributed by atoms with Gasteiger partial charge in [-0.15, -0.1) is 0 Å². The van der Waals surface area contributed by atoms with E-state index >= 15 is 0 Å². The van der Waals surface area contributed by atoms with Crippen molar-refractivity contribution in [2.45, 2.75) is 13.8 Å². The molecule has 0 fully saturated rings. The molecule has 0 radical (unpaired) electrons. The van der Waals surface area contributed by atoms with Crippen molar-refractivity contribution in [2.24, 2.45) is 0 Å². The molecular formula is C22H22N6O. The molecule has 0 bridgehead atoms. The average molecular weight is 386 g/mol. The Labute approximate surface area is 169 Å². The van der Waals surface area contributed by atoms with Gasteiger partial charge in [-0.2, -0.15) is 5.10 Å². The third-order valence-electron chi connectivity index (χ3n) is 4.81. The Balaban J connectivity index is 1.60. The van der Waals surface area contributed by atoms with Gasteiger partial charge in [-0.05, 0) is 32.0 Å². The van der Waals surface area contributed by atoms with Crippen molar-refractivity contribution in [3.63, 3.8) is 0 Å². The van der Waals surface area contributed by atoms with Gasteiger partial charge < -0.3 is 10.2 Å². The second-order valence-electron chi connectivity index (χ2n) is 6.52. The monoisotopic (exact) mass is 386 g/mol. The van der Waals surface area contributed by atoms with Crippen LogP contribution in [0.15, 0.2) is 67.1 Å². The standard InChI is InChI=1S/C22H22N6O/c1-3-27(4-2)20-11-10-17(14-24-20)26-22(29)18-15-25-28-19(12-13-23-21(18)28)16-8-6-5-7-9-16/h5-15H,3-4H2,1-2H3,(H,26,29). The molecule has 7 nitrogen and oxygen atoms in total. The van der Waals surface area contributed by atoms with Gasteiger partial charge in [-0.1, -0.05) is 30.3 Å². The van der Waals surface area contributed by atoms with E-state index in [1.165, 1.54) is 0 Å². The molecule has 7 heteroatoms. The highest BCUT2D eigenvalue weighted by Crippen LogP contribution is 2.21. The number of aromatic nitrogens is 4. The Morgan fingerprint density at radius 1 is 1.00 bits per heavy atom. The molecule has 0 atom stereocenters. The van der Waals surface area contributed by atoms with Gasteiger partial charge in [0.05, 0.1) is 23.8 Å². The fraction of sp³-hybridized carbons (Fsp3) is 0.182. The summed E-state index contributed by atoms with van der Waals surface area (Å²) in [7, 11) is 0. The van der Waals surface area contributed by atoms with Crippen molar-refractivity contribution in [3.05, 3.63) is 72.7 Å². The van der Waals surface area contributed by atoms with Crippen LogP contribution in [0.25, 0.3) is 16.9 Å². The summed E-state index contributed by atoms with van der Waals surface area (Å²) in [4.78, 5) is 23.8. The summed E-state index contributed by atoms with van der Waals surface area (Å²) in [6, 6.07) is 15.5. The lowest BCUT2D eigenvalue weighted by atomic mass is 10.1. The molecule has 1 amide bonds. The summed E-state index contributed by atoms with van der Waals surface area (Å²) in [5, 5.41) is 7.27. The maximum Gasteiger partial charge on any atom is 0.261 e. The van der Waals surface area contributed by atoms with Crippen molar-refractivity contribution < 1.29 is 4.79 Å². The number of hydrogen-bond acceptors (Lipinski definition) is 5. The first-order valence-electron chi connectivity index (χ1n) is 9.61. The van der Waals surface area contributed by atoms with E-state index in [2.05, 4.69) is 39.1 Å². The summed E-state index contributed by atoms with van der Waals surface area (Å²) < 4.78 is 1.69. The summed E-state index contributed by atoms with van der Waals surface area (Å²) in [5.74, 6) is 0.619. The number of nitrogens with zero attached hydrogens (tertiary/aromatic N) is 5. The second-order valence-corrected chi connectivity index (χ2v) is 6.52. The number of rotatable bonds is 6. The van der Waals surface area contributed by atoms with E-state index in [-0.39, 0.29) is 5.91 Å². The van der Waals surface area contributed by atoms with Gasteiger partial charge in [0, 0.05) is 24.8 Å². The largest absolute Gasteiger partial charge is 0.357 e. The Kier molecular flexibility index (Phi) is 5.20. The van der Waals surface area contributed by atoms with E-state index in [0.29, 0.717) is 16.9 Å². The number of carbonyl (C=O) groups is 1. The zero-order valence-electron chi connectivity index (χ0n) is 16.4. The van der Waals surface area contributed by atoms with Gasteiger partial charge in [-0.3, -0.25) is 4.79 Å². The second kappa shape index (κ2) is 8.10. The molecule has 0 aliphatic rings. The first kappa shape index (κ1) is 18.6. The number of pyridine rings is 1. The lowest BCUT2D eigenvalue weighted by Crippen LogP contribution is -2.22. The average Bonchev–Trinajstić information content (AvgIpc) is 3.21. The highest BCUT2D eigenvalue weighted by atomic mass is 16.1. The molecule has 29 heavy (non-hydrogen) atoms.